The summed E-state index contributed by atoms with van der Waals surface area (Å²) in [5.74, 6) is 0.341. The van der Waals surface area contributed by atoms with Crippen LogP contribution in [0.1, 0.15) is 30.9 Å². The number of aryl methyl sites for hydroxylation is 2. The Balaban J connectivity index is 1.80. The van der Waals surface area contributed by atoms with Gasteiger partial charge in [-0.1, -0.05) is 24.6 Å². The minimum atomic E-state index is 0.0613. The number of hydrogen-bond acceptors (Lipinski definition) is 3. The van der Waals surface area contributed by atoms with Gasteiger partial charge in [0.15, 0.2) is 0 Å². The van der Waals surface area contributed by atoms with Crippen molar-refractivity contribution < 1.29 is 14.3 Å². The Kier molecular flexibility index (Phi) is 5.76. The molecule has 1 aromatic carbocycles. The zero-order valence-electron chi connectivity index (χ0n) is 13.1. The van der Waals surface area contributed by atoms with Crippen molar-refractivity contribution in [2.24, 2.45) is 5.92 Å². The molecule has 0 saturated carbocycles. The Morgan fingerprint density at radius 2 is 2.19 bits per heavy atom. The minimum absolute atomic E-state index is 0.0613. The third kappa shape index (κ3) is 5.14. The number of rotatable bonds is 5. The third-order valence-corrected chi connectivity index (χ3v) is 3.74. The minimum Gasteiger partial charge on any atom is -0.376 e. The smallest absolute Gasteiger partial charge is 0.224 e. The molecular weight excluding hydrogens is 266 g/mol. The highest BCUT2D eigenvalue weighted by atomic mass is 16.6. The predicted molar refractivity (Wildman–Crippen MR) is 83.5 cm³/mol. The highest BCUT2D eigenvalue weighted by molar-refractivity contribution is 5.91. The largest absolute Gasteiger partial charge is 0.376 e. The van der Waals surface area contributed by atoms with E-state index in [1.807, 2.05) is 26.0 Å². The number of amides is 1. The van der Waals surface area contributed by atoms with E-state index in [9.17, 15) is 4.79 Å². The molecule has 1 heterocycles. The number of benzene rings is 1. The SMILES string of the molecule is Cc1ccc(NC(=O)C[C@H](C)C[C@@H]2COCCO2)c(C)c1. The number of carbonyl (C=O) groups is 1. The zero-order valence-corrected chi connectivity index (χ0v) is 13.1. The first kappa shape index (κ1) is 16.0. The lowest BCUT2D eigenvalue weighted by molar-refractivity contribution is -0.118. The molecule has 0 unspecified atom stereocenters. The molecule has 1 aromatic rings. The van der Waals surface area contributed by atoms with Crippen LogP contribution in [0.25, 0.3) is 0 Å². The number of ether oxygens (including phenoxy) is 2. The van der Waals surface area contributed by atoms with E-state index in [1.165, 1.54) is 5.56 Å². The van der Waals surface area contributed by atoms with E-state index in [1.54, 1.807) is 0 Å². The summed E-state index contributed by atoms with van der Waals surface area (Å²) in [5, 5.41) is 2.99. The van der Waals surface area contributed by atoms with Crippen LogP contribution in [0.3, 0.4) is 0 Å². The van der Waals surface area contributed by atoms with Crippen molar-refractivity contribution in [3.63, 3.8) is 0 Å². The summed E-state index contributed by atoms with van der Waals surface area (Å²) in [7, 11) is 0. The Bertz CT molecular complexity index is 481. The second-order valence-corrected chi connectivity index (χ2v) is 5.98. The average molecular weight is 291 g/mol. The van der Waals surface area contributed by atoms with Crippen molar-refractivity contribution in [1.29, 1.82) is 0 Å². The summed E-state index contributed by atoms with van der Waals surface area (Å²) in [6.45, 7) is 8.12. The van der Waals surface area contributed by atoms with Crippen molar-refractivity contribution in [3.05, 3.63) is 29.3 Å². The van der Waals surface area contributed by atoms with Crippen LogP contribution < -0.4 is 5.32 Å². The normalized spacial score (nSPS) is 20.0. The predicted octanol–water partition coefficient (Wildman–Crippen LogP) is 3.07. The summed E-state index contributed by atoms with van der Waals surface area (Å²) in [6, 6.07) is 6.05. The summed E-state index contributed by atoms with van der Waals surface area (Å²) < 4.78 is 11.0. The Hall–Kier alpha value is -1.39. The molecule has 0 radical (unpaired) electrons. The maximum absolute atomic E-state index is 12.1. The van der Waals surface area contributed by atoms with Crippen molar-refractivity contribution in [1.82, 2.24) is 0 Å². The topological polar surface area (TPSA) is 47.6 Å². The average Bonchev–Trinajstić information content (AvgIpc) is 2.43. The van der Waals surface area contributed by atoms with Crippen LogP contribution >= 0.6 is 0 Å². The fraction of sp³-hybridized carbons (Fsp3) is 0.588. The van der Waals surface area contributed by atoms with Gasteiger partial charge in [0.25, 0.3) is 0 Å². The molecule has 1 fully saturated rings. The first-order chi connectivity index (χ1) is 10.0. The van der Waals surface area contributed by atoms with E-state index in [0.717, 1.165) is 17.7 Å². The highest BCUT2D eigenvalue weighted by Gasteiger charge is 2.19. The van der Waals surface area contributed by atoms with E-state index >= 15 is 0 Å². The van der Waals surface area contributed by atoms with Crippen LogP contribution in [-0.2, 0) is 14.3 Å². The van der Waals surface area contributed by atoms with E-state index in [0.29, 0.717) is 26.2 Å². The van der Waals surface area contributed by atoms with Gasteiger partial charge in [0.05, 0.1) is 25.9 Å². The monoisotopic (exact) mass is 291 g/mol. The first-order valence-corrected chi connectivity index (χ1v) is 7.61. The van der Waals surface area contributed by atoms with Crippen LogP contribution in [0, 0.1) is 19.8 Å². The molecule has 1 amide bonds. The number of hydrogen-bond donors (Lipinski definition) is 1. The molecule has 0 aromatic heterocycles. The fourth-order valence-corrected chi connectivity index (χ4v) is 2.68. The van der Waals surface area contributed by atoms with Gasteiger partial charge in [-0.25, -0.2) is 0 Å². The fourth-order valence-electron chi connectivity index (χ4n) is 2.68. The molecule has 0 spiro atoms. The van der Waals surface area contributed by atoms with Crippen molar-refractivity contribution in [3.8, 4) is 0 Å². The van der Waals surface area contributed by atoms with Gasteiger partial charge in [0.2, 0.25) is 5.91 Å². The molecule has 1 N–H and O–H groups in total. The second-order valence-electron chi connectivity index (χ2n) is 5.98. The van der Waals surface area contributed by atoms with E-state index in [-0.39, 0.29) is 17.9 Å². The van der Waals surface area contributed by atoms with Crippen LogP contribution in [0.4, 0.5) is 5.69 Å². The first-order valence-electron chi connectivity index (χ1n) is 7.61. The van der Waals surface area contributed by atoms with E-state index in [4.69, 9.17) is 9.47 Å². The van der Waals surface area contributed by atoms with Crippen molar-refractivity contribution in [2.45, 2.75) is 39.7 Å². The molecule has 21 heavy (non-hydrogen) atoms. The lowest BCUT2D eigenvalue weighted by Gasteiger charge is -2.25. The number of carbonyl (C=O) groups excluding carboxylic acids is 1. The molecule has 0 bridgehead atoms. The van der Waals surface area contributed by atoms with Crippen LogP contribution in [0.2, 0.25) is 0 Å². The van der Waals surface area contributed by atoms with Gasteiger partial charge in [-0.05, 0) is 37.8 Å². The van der Waals surface area contributed by atoms with Gasteiger partial charge < -0.3 is 14.8 Å². The van der Waals surface area contributed by atoms with Gasteiger partial charge in [-0.3, -0.25) is 4.79 Å². The Morgan fingerprint density at radius 1 is 1.38 bits per heavy atom. The molecule has 1 aliphatic rings. The van der Waals surface area contributed by atoms with Crippen LogP contribution in [0.15, 0.2) is 18.2 Å². The molecule has 0 aliphatic carbocycles. The summed E-state index contributed by atoms with van der Waals surface area (Å²) in [4.78, 5) is 12.1. The van der Waals surface area contributed by atoms with Gasteiger partial charge in [-0.15, -0.1) is 0 Å². The van der Waals surface area contributed by atoms with Crippen LogP contribution in [0.5, 0.6) is 0 Å². The van der Waals surface area contributed by atoms with E-state index in [2.05, 4.69) is 18.3 Å². The lowest BCUT2D eigenvalue weighted by Crippen LogP contribution is -2.30. The molecular formula is C17H25NO3. The highest BCUT2D eigenvalue weighted by Crippen LogP contribution is 2.19. The molecule has 2 rings (SSSR count). The maximum Gasteiger partial charge on any atom is 0.224 e. The molecule has 1 saturated heterocycles. The number of nitrogens with one attached hydrogen (secondary N) is 1. The molecule has 4 nitrogen and oxygen atoms in total. The third-order valence-electron chi connectivity index (χ3n) is 3.74. The summed E-state index contributed by atoms with van der Waals surface area (Å²) in [6.07, 6.45) is 1.50. The second kappa shape index (κ2) is 7.57. The molecule has 4 heteroatoms. The van der Waals surface area contributed by atoms with Gasteiger partial charge in [0.1, 0.15) is 0 Å². The summed E-state index contributed by atoms with van der Waals surface area (Å²) >= 11 is 0. The molecule has 116 valence electrons. The van der Waals surface area contributed by atoms with Crippen LogP contribution in [-0.4, -0.2) is 31.8 Å². The molecule has 1 aliphatic heterocycles. The Morgan fingerprint density at radius 3 is 2.86 bits per heavy atom. The standard InChI is InChI=1S/C17H25NO3/c1-12-4-5-16(14(3)8-12)18-17(19)10-13(2)9-15-11-20-6-7-21-15/h4-5,8,13,15H,6-7,9-11H2,1-3H3,(H,18,19)/t13-,15-/m1/s1. The van der Waals surface area contributed by atoms with Crippen molar-refractivity contribution in [2.75, 3.05) is 25.1 Å². The van der Waals surface area contributed by atoms with Gasteiger partial charge in [0, 0.05) is 12.1 Å². The zero-order chi connectivity index (χ0) is 15.2. The van der Waals surface area contributed by atoms with E-state index < -0.39 is 0 Å². The van der Waals surface area contributed by atoms with Gasteiger partial charge in [-0.2, -0.15) is 0 Å². The summed E-state index contributed by atoms with van der Waals surface area (Å²) in [5.41, 5.74) is 3.20. The van der Waals surface area contributed by atoms with Gasteiger partial charge >= 0.3 is 0 Å². The lowest BCUT2D eigenvalue weighted by atomic mass is 9.99. The molecule has 2 atom stereocenters. The number of anilines is 1. The Labute approximate surface area is 126 Å². The maximum atomic E-state index is 12.1. The van der Waals surface area contributed by atoms with Crippen molar-refractivity contribution >= 4 is 11.6 Å². The quantitative estimate of drug-likeness (QED) is 0.907.